The summed E-state index contributed by atoms with van der Waals surface area (Å²) >= 11 is 15.3. The van der Waals surface area contributed by atoms with Gasteiger partial charge in [-0.05, 0) is 71.6 Å². The van der Waals surface area contributed by atoms with E-state index in [2.05, 4.69) is 31.8 Å². The number of ether oxygens (including phenoxy) is 3. The Labute approximate surface area is 233 Å². The van der Waals surface area contributed by atoms with Gasteiger partial charge in [-0.25, -0.2) is 10.2 Å². The summed E-state index contributed by atoms with van der Waals surface area (Å²) in [5, 5.41) is 7.27. The minimum atomic E-state index is -0.858. The summed E-state index contributed by atoms with van der Waals surface area (Å²) in [6.07, 6.45) is 1.42. The van der Waals surface area contributed by atoms with E-state index < -0.39 is 23.8 Å². The van der Waals surface area contributed by atoms with E-state index in [4.69, 9.17) is 37.4 Å². The fraction of sp³-hybridized carbons (Fsp3) is 0.360. The van der Waals surface area contributed by atoms with Gasteiger partial charge in [-0.2, -0.15) is 5.10 Å². The summed E-state index contributed by atoms with van der Waals surface area (Å²) < 4.78 is 16.6. The van der Waals surface area contributed by atoms with Crippen LogP contribution in [-0.2, 0) is 14.3 Å². The number of nitrogens with one attached hydrogen (secondary N) is 2. The number of carbonyl (C=O) groups excluding carboxylic acids is 3. The molecule has 2 N–H and O–H groups in total. The molecule has 0 aliphatic rings. The maximum absolute atomic E-state index is 12.8. The first kappa shape index (κ1) is 30.4. The van der Waals surface area contributed by atoms with Crippen LogP contribution in [-0.4, -0.2) is 49.9 Å². The summed E-state index contributed by atoms with van der Waals surface area (Å²) in [6, 6.07) is 6.94. The number of carbonyl (C=O) groups is 3. The highest BCUT2D eigenvalue weighted by atomic mass is 79.9. The highest BCUT2D eigenvalue weighted by Gasteiger charge is 2.25. The number of hydrazone groups is 1. The van der Waals surface area contributed by atoms with Gasteiger partial charge in [0.25, 0.3) is 11.8 Å². The number of amides is 2. The Bertz CT molecular complexity index is 1160. The van der Waals surface area contributed by atoms with Gasteiger partial charge in [0.05, 0.1) is 33.9 Å². The lowest BCUT2D eigenvalue weighted by molar-refractivity contribution is -0.145. The number of benzene rings is 2. The van der Waals surface area contributed by atoms with Crippen LogP contribution in [0.25, 0.3) is 0 Å². The monoisotopic (exact) mass is 615 g/mol. The minimum absolute atomic E-state index is 0.226. The maximum Gasteiger partial charge on any atom is 0.344 e. The molecule has 2 rings (SSSR count). The number of hydrogen-bond acceptors (Lipinski definition) is 7. The molecular weight excluding hydrogens is 589 g/mol. The van der Waals surface area contributed by atoms with E-state index in [0.29, 0.717) is 33.2 Å². The molecular formula is C25H28BrCl2N3O6. The van der Waals surface area contributed by atoms with Crippen molar-refractivity contribution in [2.24, 2.45) is 11.0 Å². The van der Waals surface area contributed by atoms with Gasteiger partial charge in [-0.1, -0.05) is 37.0 Å². The first-order chi connectivity index (χ1) is 17.6. The molecule has 37 heavy (non-hydrogen) atoms. The molecule has 0 heterocycles. The summed E-state index contributed by atoms with van der Waals surface area (Å²) in [7, 11) is 0. The van der Waals surface area contributed by atoms with E-state index in [1.807, 2.05) is 6.92 Å². The number of esters is 1. The molecule has 2 amide bonds. The predicted molar refractivity (Wildman–Crippen MR) is 146 cm³/mol. The molecule has 0 bridgehead atoms. The largest absolute Gasteiger partial charge is 0.490 e. The van der Waals surface area contributed by atoms with Crippen LogP contribution in [0.5, 0.6) is 11.5 Å². The predicted octanol–water partition coefficient (Wildman–Crippen LogP) is 5.00. The molecule has 0 aromatic heterocycles. The summed E-state index contributed by atoms with van der Waals surface area (Å²) in [5.41, 5.74) is 3.31. The van der Waals surface area contributed by atoms with Gasteiger partial charge in [0.15, 0.2) is 18.1 Å². The molecule has 0 saturated heterocycles. The molecule has 0 saturated carbocycles. The Balaban J connectivity index is 2.11. The molecule has 12 heteroatoms. The fourth-order valence-electron chi connectivity index (χ4n) is 3.04. The van der Waals surface area contributed by atoms with Crippen molar-refractivity contribution in [2.75, 3.05) is 19.8 Å². The summed E-state index contributed by atoms with van der Waals surface area (Å²) in [6.45, 7) is 7.43. The zero-order valence-electron chi connectivity index (χ0n) is 20.8. The molecule has 2 aromatic rings. The van der Waals surface area contributed by atoms with Crippen LogP contribution in [0.3, 0.4) is 0 Å². The second-order valence-electron chi connectivity index (χ2n) is 7.91. The van der Waals surface area contributed by atoms with Gasteiger partial charge >= 0.3 is 5.97 Å². The van der Waals surface area contributed by atoms with Crippen molar-refractivity contribution in [1.82, 2.24) is 10.7 Å². The van der Waals surface area contributed by atoms with Crippen LogP contribution in [0.4, 0.5) is 0 Å². The average molecular weight is 617 g/mol. The lowest BCUT2D eigenvalue weighted by atomic mass is 10.0. The third-order valence-electron chi connectivity index (χ3n) is 4.78. The second kappa shape index (κ2) is 14.8. The van der Waals surface area contributed by atoms with Crippen LogP contribution in [0, 0.1) is 5.92 Å². The van der Waals surface area contributed by atoms with Gasteiger partial charge in [-0.3, -0.25) is 9.59 Å². The van der Waals surface area contributed by atoms with Crippen LogP contribution >= 0.6 is 39.1 Å². The number of rotatable bonds is 12. The van der Waals surface area contributed by atoms with Crippen molar-refractivity contribution < 1.29 is 28.6 Å². The summed E-state index contributed by atoms with van der Waals surface area (Å²) in [4.78, 5) is 37.0. The highest BCUT2D eigenvalue weighted by Crippen LogP contribution is 2.36. The minimum Gasteiger partial charge on any atom is -0.490 e. The van der Waals surface area contributed by atoms with Gasteiger partial charge in [0, 0.05) is 5.56 Å². The smallest absolute Gasteiger partial charge is 0.344 e. The lowest BCUT2D eigenvalue weighted by Crippen LogP contribution is -2.48. The van der Waals surface area contributed by atoms with Gasteiger partial charge in [-0.15, -0.1) is 0 Å². The third kappa shape index (κ3) is 9.21. The van der Waals surface area contributed by atoms with E-state index >= 15 is 0 Å². The van der Waals surface area contributed by atoms with E-state index in [1.54, 1.807) is 32.9 Å². The van der Waals surface area contributed by atoms with Crippen molar-refractivity contribution in [2.45, 2.75) is 33.7 Å². The van der Waals surface area contributed by atoms with Gasteiger partial charge in [0.1, 0.15) is 6.04 Å². The fourth-order valence-corrected chi connectivity index (χ4v) is 3.91. The van der Waals surface area contributed by atoms with Gasteiger partial charge in [0.2, 0.25) is 0 Å². The van der Waals surface area contributed by atoms with E-state index in [0.717, 1.165) is 0 Å². The van der Waals surface area contributed by atoms with E-state index in [-0.39, 0.29) is 29.7 Å². The van der Waals surface area contributed by atoms with Crippen molar-refractivity contribution in [3.63, 3.8) is 0 Å². The number of nitrogens with zero attached hydrogens (tertiary/aromatic N) is 1. The highest BCUT2D eigenvalue weighted by molar-refractivity contribution is 9.10. The molecule has 0 aliphatic carbocycles. The molecule has 0 aliphatic heterocycles. The maximum atomic E-state index is 12.8. The molecule has 0 fully saturated rings. The first-order valence-corrected chi connectivity index (χ1v) is 13.0. The average Bonchev–Trinajstić information content (AvgIpc) is 2.83. The third-order valence-corrected chi connectivity index (χ3v) is 6.11. The van der Waals surface area contributed by atoms with Crippen LogP contribution < -0.4 is 20.2 Å². The Morgan fingerprint density at radius 3 is 2.41 bits per heavy atom. The van der Waals surface area contributed by atoms with E-state index in [9.17, 15) is 14.4 Å². The van der Waals surface area contributed by atoms with Crippen molar-refractivity contribution in [1.29, 1.82) is 0 Å². The molecule has 1 unspecified atom stereocenters. The quantitative estimate of drug-likeness (QED) is 0.197. The standard InChI is InChI=1S/C25H28BrCl2N3O6/c1-5-35-20-10-15(9-17(26)23(20)37-13-21(32)36-6-2)12-29-31-25(34)22(14(3)4)30-24(33)16-7-8-18(27)19(28)11-16/h7-12,14,22H,5-6,13H2,1-4H3,(H,30,33)(H,31,34)/b29-12+. The van der Waals surface area contributed by atoms with Crippen LogP contribution in [0.15, 0.2) is 39.9 Å². The Hall–Kier alpha value is -2.82. The zero-order chi connectivity index (χ0) is 27.5. The molecule has 2 aromatic carbocycles. The summed E-state index contributed by atoms with van der Waals surface area (Å²) in [5.74, 6) is -0.991. The van der Waals surface area contributed by atoms with Crippen molar-refractivity contribution >= 4 is 63.1 Å². The lowest BCUT2D eigenvalue weighted by Gasteiger charge is -2.20. The molecule has 1 atom stereocenters. The molecule has 9 nitrogen and oxygen atoms in total. The second-order valence-corrected chi connectivity index (χ2v) is 9.58. The van der Waals surface area contributed by atoms with Crippen LogP contribution in [0.2, 0.25) is 10.0 Å². The Morgan fingerprint density at radius 1 is 1.05 bits per heavy atom. The molecule has 200 valence electrons. The normalized spacial score (nSPS) is 11.8. The van der Waals surface area contributed by atoms with Crippen molar-refractivity contribution in [3.05, 3.63) is 56.0 Å². The van der Waals surface area contributed by atoms with Gasteiger partial charge < -0.3 is 19.5 Å². The van der Waals surface area contributed by atoms with E-state index in [1.165, 1.54) is 24.4 Å². The first-order valence-electron chi connectivity index (χ1n) is 11.4. The Morgan fingerprint density at radius 2 is 1.78 bits per heavy atom. The SMILES string of the molecule is CCOC(=O)COc1c(Br)cc(/C=N/NC(=O)C(NC(=O)c2ccc(Cl)c(Cl)c2)C(C)C)cc1OCC. The van der Waals surface area contributed by atoms with Crippen LogP contribution in [0.1, 0.15) is 43.6 Å². The van der Waals surface area contributed by atoms with Crippen molar-refractivity contribution in [3.8, 4) is 11.5 Å². The number of hydrogen-bond donors (Lipinski definition) is 2. The topological polar surface area (TPSA) is 115 Å². The zero-order valence-corrected chi connectivity index (χ0v) is 23.9. The molecule has 0 spiro atoms. The molecule has 0 radical (unpaired) electrons. The Kier molecular flexibility index (Phi) is 12.2. The number of halogens is 3.